The number of sulfonamides is 1. The molecule has 0 atom stereocenters. The molecule has 3 aromatic rings. The Labute approximate surface area is 177 Å². The predicted octanol–water partition coefficient (Wildman–Crippen LogP) is 4.59. The van der Waals surface area contributed by atoms with Crippen molar-refractivity contribution in [3.63, 3.8) is 0 Å². The van der Waals surface area contributed by atoms with E-state index in [4.69, 9.17) is 4.74 Å². The lowest BCUT2D eigenvalue weighted by Crippen LogP contribution is -2.14. The van der Waals surface area contributed by atoms with Gasteiger partial charge in [0.05, 0.1) is 11.5 Å². The molecule has 0 radical (unpaired) electrons. The maximum atomic E-state index is 12.4. The second-order valence-electron chi connectivity index (χ2n) is 6.81. The Morgan fingerprint density at radius 3 is 2.17 bits per heavy atom. The van der Waals surface area contributed by atoms with Crippen LogP contribution < -0.4 is 14.8 Å². The summed E-state index contributed by atoms with van der Waals surface area (Å²) in [5.74, 6) is 0.654. The standard InChI is InChI=1S/C23H24N2O4S/c1-18-9-15-22(16-10-18)30(27,28)25-20-13-11-19(12-14-20)24-23(26)8-5-17-29-21-6-3-2-4-7-21/h2-4,6-7,9-16,25H,5,8,17H2,1H3,(H,24,26). The Kier molecular flexibility index (Phi) is 7.08. The number of rotatable bonds is 9. The Balaban J connectivity index is 1.46. The largest absolute Gasteiger partial charge is 0.494 e. The van der Waals surface area contributed by atoms with Crippen molar-refractivity contribution in [3.05, 3.63) is 84.4 Å². The molecule has 0 aliphatic rings. The van der Waals surface area contributed by atoms with Crippen molar-refractivity contribution in [1.29, 1.82) is 0 Å². The van der Waals surface area contributed by atoms with Gasteiger partial charge in [-0.3, -0.25) is 9.52 Å². The first kappa shape index (κ1) is 21.4. The fourth-order valence-electron chi connectivity index (χ4n) is 2.72. The number of nitrogens with one attached hydrogen (secondary N) is 2. The van der Waals surface area contributed by atoms with Crippen molar-refractivity contribution in [2.45, 2.75) is 24.7 Å². The zero-order valence-electron chi connectivity index (χ0n) is 16.7. The monoisotopic (exact) mass is 424 g/mol. The second kappa shape index (κ2) is 9.93. The highest BCUT2D eigenvalue weighted by atomic mass is 32.2. The van der Waals surface area contributed by atoms with Crippen LogP contribution in [0.3, 0.4) is 0 Å². The number of carbonyl (C=O) groups is 1. The molecule has 156 valence electrons. The first-order valence-electron chi connectivity index (χ1n) is 9.60. The summed E-state index contributed by atoms with van der Waals surface area (Å²) in [7, 11) is -3.66. The Hall–Kier alpha value is -3.32. The van der Waals surface area contributed by atoms with Crippen molar-refractivity contribution < 1.29 is 17.9 Å². The second-order valence-corrected chi connectivity index (χ2v) is 8.49. The van der Waals surface area contributed by atoms with Crippen LogP contribution in [-0.2, 0) is 14.8 Å². The zero-order valence-corrected chi connectivity index (χ0v) is 17.5. The lowest BCUT2D eigenvalue weighted by molar-refractivity contribution is -0.116. The van der Waals surface area contributed by atoms with Gasteiger partial charge in [0.2, 0.25) is 5.91 Å². The van der Waals surface area contributed by atoms with E-state index in [0.29, 0.717) is 30.8 Å². The molecule has 0 heterocycles. The summed E-state index contributed by atoms with van der Waals surface area (Å²) < 4.78 is 33.0. The lowest BCUT2D eigenvalue weighted by atomic mass is 10.2. The zero-order chi connectivity index (χ0) is 21.4. The molecule has 3 aromatic carbocycles. The van der Waals surface area contributed by atoms with Crippen LogP contribution >= 0.6 is 0 Å². The molecule has 0 saturated heterocycles. The van der Waals surface area contributed by atoms with Gasteiger partial charge in [0.25, 0.3) is 10.0 Å². The van der Waals surface area contributed by atoms with Crippen LogP contribution in [0.25, 0.3) is 0 Å². The summed E-state index contributed by atoms with van der Waals surface area (Å²) in [5.41, 5.74) is 2.01. The van der Waals surface area contributed by atoms with Crippen LogP contribution in [0.2, 0.25) is 0 Å². The maximum Gasteiger partial charge on any atom is 0.261 e. The van der Waals surface area contributed by atoms with Gasteiger partial charge in [-0.25, -0.2) is 8.42 Å². The summed E-state index contributed by atoms with van der Waals surface area (Å²) in [4.78, 5) is 12.3. The van der Waals surface area contributed by atoms with E-state index in [1.165, 1.54) is 0 Å². The number of benzene rings is 3. The van der Waals surface area contributed by atoms with Gasteiger partial charge in [0, 0.05) is 17.8 Å². The summed E-state index contributed by atoms with van der Waals surface area (Å²) in [6.45, 7) is 2.35. The van der Waals surface area contributed by atoms with Crippen molar-refractivity contribution in [3.8, 4) is 5.75 Å². The lowest BCUT2D eigenvalue weighted by Gasteiger charge is -2.10. The van der Waals surface area contributed by atoms with Crippen LogP contribution in [0.4, 0.5) is 11.4 Å². The van der Waals surface area contributed by atoms with Gasteiger partial charge in [-0.2, -0.15) is 0 Å². The number of carbonyl (C=O) groups excluding carboxylic acids is 1. The normalized spacial score (nSPS) is 11.0. The molecule has 0 aliphatic heterocycles. The molecular weight excluding hydrogens is 400 g/mol. The Bertz CT molecular complexity index is 1060. The number of ether oxygens (including phenoxy) is 1. The summed E-state index contributed by atoms with van der Waals surface area (Å²) in [5, 5.41) is 2.80. The van der Waals surface area contributed by atoms with Gasteiger partial charge < -0.3 is 10.1 Å². The SMILES string of the molecule is Cc1ccc(S(=O)(=O)Nc2ccc(NC(=O)CCCOc3ccccc3)cc2)cc1. The number of anilines is 2. The molecule has 0 fully saturated rings. The van der Waals surface area contributed by atoms with E-state index in [1.54, 1.807) is 48.5 Å². The van der Waals surface area contributed by atoms with E-state index < -0.39 is 10.0 Å². The average Bonchev–Trinajstić information content (AvgIpc) is 2.73. The van der Waals surface area contributed by atoms with Gasteiger partial charge >= 0.3 is 0 Å². The summed E-state index contributed by atoms with van der Waals surface area (Å²) in [6, 6.07) is 22.6. The van der Waals surface area contributed by atoms with Crippen molar-refractivity contribution in [1.82, 2.24) is 0 Å². The van der Waals surface area contributed by atoms with Crippen LogP contribution in [0.5, 0.6) is 5.75 Å². The molecule has 3 rings (SSSR count). The number of hydrogen-bond acceptors (Lipinski definition) is 4. The smallest absolute Gasteiger partial charge is 0.261 e. The van der Waals surface area contributed by atoms with Crippen LogP contribution in [-0.4, -0.2) is 20.9 Å². The molecule has 30 heavy (non-hydrogen) atoms. The highest BCUT2D eigenvalue weighted by Gasteiger charge is 2.13. The molecule has 0 aliphatic carbocycles. The molecule has 0 spiro atoms. The van der Waals surface area contributed by atoms with Crippen molar-refractivity contribution >= 4 is 27.3 Å². The number of hydrogen-bond donors (Lipinski definition) is 2. The van der Waals surface area contributed by atoms with Crippen LogP contribution in [0.1, 0.15) is 18.4 Å². The van der Waals surface area contributed by atoms with Gasteiger partial charge in [-0.05, 0) is 61.9 Å². The quantitative estimate of drug-likeness (QED) is 0.492. The number of aryl methyl sites for hydroxylation is 1. The first-order valence-corrected chi connectivity index (χ1v) is 11.1. The topological polar surface area (TPSA) is 84.5 Å². The molecule has 7 heteroatoms. The molecule has 2 N–H and O–H groups in total. The summed E-state index contributed by atoms with van der Waals surface area (Å²) >= 11 is 0. The van der Waals surface area contributed by atoms with Gasteiger partial charge in [-0.15, -0.1) is 0 Å². The van der Waals surface area contributed by atoms with E-state index in [1.807, 2.05) is 37.3 Å². The molecule has 0 saturated carbocycles. The van der Waals surface area contributed by atoms with Gasteiger partial charge in [0.15, 0.2) is 0 Å². The van der Waals surface area contributed by atoms with E-state index in [2.05, 4.69) is 10.0 Å². The Morgan fingerprint density at radius 2 is 1.50 bits per heavy atom. The molecule has 0 bridgehead atoms. The minimum absolute atomic E-state index is 0.125. The molecule has 0 aromatic heterocycles. The highest BCUT2D eigenvalue weighted by molar-refractivity contribution is 7.92. The third kappa shape index (κ3) is 6.35. The average molecular weight is 425 g/mol. The van der Waals surface area contributed by atoms with Crippen molar-refractivity contribution in [2.75, 3.05) is 16.6 Å². The predicted molar refractivity (Wildman–Crippen MR) is 118 cm³/mol. The fourth-order valence-corrected chi connectivity index (χ4v) is 3.77. The number of amides is 1. The van der Waals surface area contributed by atoms with Crippen LogP contribution in [0, 0.1) is 6.92 Å². The highest BCUT2D eigenvalue weighted by Crippen LogP contribution is 2.19. The van der Waals surface area contributed by atoms with Gasteiger partial charge in [0.1, 0.15) is 5.75 Å². The molecule has 1 amide bonds. The molecule has 6 nitrogen and oxygen atoms in total. The van der Waals surface area contributed by atoms with E-state index in [-0.39, 0.29) is 10.8 Å². The minimum atomic E-state index is -3.66. The van der Waals surface area contributed by atoms with Crippen LogP contribution in [0.15, 0.2) is 83.8 Å². The van der Waals surface area contributed by atoms with E-state index >= 15 is 0 Å². The first-order chi connectivity index (χ1) is 14.4. The Morgan fingerprint density at radius 1 is 0.867 bits per heavy atom. The number of para-hydroxylation sites is 1. The molecule has 0 unspecified atom stereocenters. The summed E-state index contributed by atoms with van der Waals surface area (Å²) in [6.07, 6.45) is 0.920. The van der Waals surface area contributed by atoms with E-state index in [9.17, 15) is 13.2 Å². The third-order valence-electron chi connectivity index (χ3n) is 4.31. The van der Waals surface area contributed by atoms with E-state index in [0.717, 1.165) is 11.3 Å². The maximum absolute atomic E-state index is 12.4. The van der Waals surface area contributed by atoms with Crippen molar-refractivity contribution in [2.24, 2.45) is 0 Å². The third-order valence-corrected chi connectivity index (χ3v) is 5.71. The van der Waals surface area contributed by atoms with Gasteiger partial charge in [-0.1, -0.05) is 35.9 Å². The minimum Gasteiger partial charge on any atom is -0.494 e. The molecular formula is C23H24N2O4S. The fraction of sp³-hybridized carbons (Fsp3) is 0.174.